The van der Waals surface area contributed by atoms with E-state index in [4.69, 9.17) is 23.7 Å². The number of amides is 1. The van der Waals surface area contributed by atoms with E-state index in [0.717, 1.165) is 58.6 Å². The first-order valence-electron chi connectivity index (χ1n) is 11.3. The summed E-state index contributed by atoms with van der Waals surface area (Å²) in [4.78, 5) is 14.8. The molecule has 4 saturated heterocycles. The molecule has 30 heavy (non-hydrogen) atoms. The summed E-state index contributed by atoms with van der Waals surface area (Å²) in [6, 6.07) is 0. The molecule has 0 aromatic rings. The van der Waals surface area contributed by atoms with Crippen molar-refractivity contribution in [3.8, 4) is 0 Å². The molecule has 4 heterocycles. The van der Waals surface area contributed by atoms with Gasteiger partial charge in [-0.2, -0.15) is 0 Å². The normalized spacial score (nSPS) is 43.4. The second-order valence-corrected chi connectivity index (χ2v) is 10.5. The van der Waals surface area contributed by atoms with Gasteiger partial charge in [0.25, 0.3) is 0 Å². The van der Waals surface area contributed by atoms with E-state index in [1.165, 1.54) is 5.57 Å². The number of allylic oxidation sites excluding steroid dienone is 1. The average Bonchev–Trinajstić information content (AvgIpc) is 3.53. The number of carbonyl (C=O) groups excluding carboxylic acids is 1. The zero-order chi connectivity index (χ0) is 21.1. The van der Waals surface area contributed by atoms with Crippen LogP contribution >= 0.6 is 0 Å². The molecule has 0 N–H and O–H groups in total. The summed E-state index contributed by atoms with van der Waals surface area (Å²) in [6.45, 7) is 10.1. The maximum atomic E-state index is 12.9. The third kappa shape index (κ3) is 3.38. The van der Waals surface area contributed by atoms with E-state index in [1.54, 1.807) is 7.11 Å². The second kappa shape index (κ2) is 7.19. The van der Waals surface area contributed by atoms with Gasteiger partial charge in [-0.05, 0) is 46.5 Å². The van der Waals surface area contributed by atoms with E-state index in [0.29, 0.717) is 0 Å². The van der Waals surface area contributed by atoms with Gasteiger partial charge in [0, 0.05) is 25.6 Å². The highest BCUT2D eigenvalue weighted by Crippen LogP contribution is 2.59. The quantitative estimate of drug-likeness (QED) is 0.502. The Morgan fingerprint density at radius 2 is 2.00 bits per heavy atom. The Kier molecular flexibility index (Phi) is 4.97. The first-order valence-corrected chi connectivity index (χ1v) is 11.3. The predicted octanol–water partition coefficient (Wildman–Crippen LogP) is 2.92. The Hall–Kier alpha value is -1.15. The van der Waals surface area contributed by atoms with Gasteiger partial charge in [0.15, 0.2) is 0 Å². The third-order valence-electron chi connectivity index (χ3n) is 8.00. The van der Waals surface area contributed by atoms with Crippen molar-refractivity contribution in [3.63, 3.8) is 0 Å². The first kappa shape index (κ1) is 20.7. The van der Waals surface area contributed by atoms with Crippen molar-refractivity contribution >= 4 is 6.09 Å². The Morgan fingerprint density at radius 1 is 1.23 bits per heavy atom. The number of hydrogen-bond donors (Lipinski definition) is 0. The van der Waals surface area contributed by atoms with Gasteiger partial charge in [-0.25, -0.2) is 4.79 Å². The maximum absolute atomic E-state index is 12.9. The van der Waals surface area contributed by atoms with Crippen molar-refractivity contribution in [2.45, 2.75) is 76.0 Å². The lowest BCUT2D eigenvalue weighted by atomic mass is 9.68. The van der Waals surface area contributed by atoms with Gasteiger partial charge in [-0.15, -0.1) is 0 Å². The van der Waals surface area contributed by atoms with Gasteiger partial charge in [0.2, 0.25) is 0 Å². The minimum absolute atomic E-state index is 0.0575. The van der Waals surface area contributed by atoms with Crippen LogP contribution in [-0.4, -0.2) is 80.5 Å². The van der Waals surface area contributed by atoms with Crippen LogP contribution in [0, 0.1) is 11.3 Å². The fourth-order valence-electron chi connectivity index (χ4n) is 5.99. The summed E-state index contributed by atoms with van der Waals surface area (Å²) < 4.78 is 29.6. The number of carbonyl (C=O) groups is 1. The van der Waals surface area contributed by atoms with Crippen LogP contribution in [0.15, 0.2) is 11.6 Å². The Morgan fingerprint density at radius 3 is 2.57 bits per heavy atom. The van der Waals surface area contributed by atoms with Gasteiger partial charge in [0.1, 0.15) is 23.4 Å². The van der Waals surface area contributed by atoms with Gasteiger partial charge in [0.05, 0.1) is 31.8 Å². The summed E-state index contributed by atoms with van der Waals surface area (Å²) in [5, 5.41) is 0. The van der Waals surface area contributed by atoms with Crippen molar-refractivity contribution in [2.75, 3.05) is 40.0 Å². The summed E-state index contributed by atoms with van der Waals surface area (Å²) >= 11 is 0. The first-order chi connectivity index (χ1) is 14.3. The summed E-state index contributed by atoms with van der Waals surface area (Å²) in [6.07, 6.45) is 5.19. The van der Waals surface area contributed by atoms with Crippen LogP contribution in [0.25, 0.3) is 0 Å². The predicted molar refractivity (Wildman–Crippen MR) is 109 cm³/mol. The molecule has 0 radical (unpaired) electrons. The highest BCUT2D eigenvalue weighted by atomic mass is 16.6. The average molecular weight is 422 g/mol. The number of methoxy groups -OCH3 is 1. The standard InChI is InChI=1S/C23H35NO6/c1-15(2)5-6-17-21(3,30-17)19-18(26-4)16(7-8-23(19)14-28-23)29-20(25)24-10-9-22(11-24)12-27-13-22/h5,16-19H,6-14H2,1-4H3/t16?,17-,18?,19?,21+,23?/m1/s1. The van der Waals surface area contributed by atoms with E-state index >= 15 is 0 Å². The molecule has 168 valence electrons. The molecule has 5 aliphatic rings. The zero-order valence-electron chi connectivity index (χ0n) is 18.6. The monoisotopic (exact) mass is 421 g/mol. The van der Waals surface area contributed by atoms with E-state index in [2.05, 4.69) is 26.8 Å². The Bertz CT molecular complexity index is 725. The fourth-order valence-corrected chi connectivity index (χ4v) is 5.99. The highest BCUT2D eigenvalue weighted by Gasteiger charge is 2.72. The molecule has 0 aromatic heterocycles. The third-order valence-corrected chi connectivity index (χ3v) is 8.00. The molecule has 7 nitrogen and oxygen atoms in total. The van der Waals surface area contributed by atoms with Crippen molar-refractivity contribution in [2.24, 2.45) is 11.3 Å². The van der Waals surface area contributed by atoms with E-state index < -0.39 is 0 Å². The van der Waals surface area contributed by atoms with Crippen LogP contribution in [0.4, 0.5) is 4.79 Å². The molecule has 4 unspecified atom stereocenters. The molecule has 6 atom stereocenters. The van der Waals surface area contributed by atoms with Crippen LogP contribution in [0.3, 0.4) is 0 Å². The van der Waals surface area contributed by atoms with Crippen LogP contribution in [0.1, 0.15) is 46.5 Å². The molecule has 7 heteroatoms. The maximum Gasteiger partial charge on any atom is 0.410 e. The summed E-state index contributed by atoms with van der Waals surface area (Å²) in [5.41, 5.74) is 0.951. The van der Waals surface area contributed by atoms with Gasteiger partial charge in [-0.3, -0.25) is 0 Å². The largest absolute Gasteiger partial charge is 0.443 e. The van der Waals surface area contributed by atoms with Crippen molar-refractivity contribution in [3.05, 3.63) is 11.6 Å². The molecule has 2 spiro atoms. The molecule has 1 saturated carbocycles. The Labute approximate surface area is 179 Å². The van der Waals surface area contributed by atoms with Crippen LogP contribution < -0.4 is 0 Å². The minimum Gasteiger partial charge on any atom is -0.443 e. The molecule has 1 amide bonds. The van der Waals surface area contributed by atoms with Crippen molar-refractivity contribution < 1.29 is 28.5 Å². The number of ether oxygens (including phenoxy) is 5. The van der Waals surface area contributed by atoms with Crippen molar-refractivity contribution in [1.82, 2.24) is 4.90 Å². The lowest BCUT2D eigenvalue weighted by Crippen LogP contribution is -2.56. The molecular weight excluding hydrogens is 386 g/mol. The molecule has 1 aliphatic carbocycles. The summed E-state index contributed by atoms with van der Waals surface area (Å²) in [5.74, 6) is 0.0575. The number of nitrogens with zero attached hydrogens (tertiary/aromatic N) is 1. The van der Waals surface area contributed by atoms with Gasteiger partial charge in [-0.1, -0.05) is 11.6 Å². The molecule has 0 aromatic carbocycles. The zero-order valence-corrected chi connectivity index (χ0v) is 18.6. The number of rotatable bonds is 5. The van der Waals surface area contributed by atoms with Crippen LogP contribution in [0.2, 0.25) is 0 Å². The fraction of sp³-hybridized carbons (Fsp3) is 0.870. The van der Waals surface area contributed by atoms with Crippen LogP contribution in [0.5, 0.6) is 0 Å². The molecule has 0 bridgehead atoms. The highest BCUT2D eigenvalue weighted by molar-refractivity contribution is 5.68. The van der Waals surface area contributed by atoms with Crippen LogP contribution in [-0.2, 0) is 23.7 Å². The molecule has 5 fully saturated rings. The van der Waals surface area contributed by atoms with Crippen molar-refractivity contribution in [1.29, 1.82) is 0 Å². The second-order valence-electron chi connectivity index (χ2n) is 10.5. The van der Waals surface area contributed by atoms with Gasteiger partial charge >= 0.3 is 6.09 Å². The van der Waals surface area contributed by atoms with E-state index in [-0.39, 0.29) is 46.9 Å². The molecule has 4 aliphatic heterocycles. The topological polar surface area (TPSA) is 73.1 Å². The Balaban J connectivity index is 1.28. The number of epoxide rings is 2. The lowest BCUT2D eigenvalue weighted by molar-refractivity contribution is -0.124. The van der Waals surface area contributed by atoms with Gasteiger partial charge < -0.3 is 28.6 Å². The SMILES string of the molecule is COC1C(OC(=O)N2CCC3(COC3)C2)CCC2(CO2)C1[C@@]1(C)O[C@@H]1CC=C(C)C. The number of hydrogen-bond acceptors (Lipinski definition) is 6. The lowest BCUT2D eigenvalue weighted by Gasteiger charge is -2.43. The number of likely N-dealkylation sites (tertiary alicyclic amines) is 1. The van der Waals surface area contributed by atoms with E-state index in [1.807, 2.05) is 4.90 Å². The molecule has 5 rings (SSSR count). The minimum atomic E-state index is -0.310. The van der Waals surface area contributed by atoms with E-state index in [9.17, 15) is 4.79 Å². The smallest absolute Gasteiger partial charge is 0.410 e. The summed E-state index contributed by atoms with van der Waals surface area (Å²) in [7, 11) is 1.72. The molecular formula is C23H35NO6.